The molecule has 0 aromatic carbocycles. The maximum atomic E-state index is 10.7. The lowest BCUT2D eigenvalue weighted by Gasteiger charge is -2.37. The molecule has 0 aromatic rings. The normalized spacial score (nSPS) is 37.4. The van der Waals surface area contributed by atoms with E-state index in [-0.39, 0.29) is 0 Å². The van der Waals surface area contributed by atoms with E-state index in [0.717, 1.165) is 30.6 Å². The molecular weight excluding hydrogens is 224 g/mol. The first-order valence-electron chi connectivity index (χ1n) is 7.90. The molecule has 2 rings (SSSR count). The Balaban J connectivity index is 1.71. The standard InChI is InChI=1S/C16H28O2/c1-2-12-3-7-14(8-4-12)15-9-5-13(6-10-15)11-16(17)18/h12-15H,2-11H2,1H3,(H,17,18). The Morgan fingerprint density at radius 1 is 0.889 bits per heavy atom. The second-order valence-corrected chi connectivity index (χ2v) is 6.57. The fraction of sp³-hybridized carbons (Fsp3) is 0.938. The highest BCUT2D eigenvalue weighted by atomic mass is 16.4. The van der Waals surface area contributed by atoms with Crippen molar-refractivity contribution in [1.82, 2.24) is 0 Å². The smallest absolute Gasteiger partial charge is 0.303 e. The molecule has 1 N–H and O–H groups in total. The maximum Gasteiger partial charge on any atom is 0.303 e. The van der Waals surface area contributed by atoms with Crippen LogP contribution in [0.5, 0.6) is 0 Å². The fourth-order valence-corrected chi connectivity index (χ4v) is 4.18. The van der Waals surface area contributed by atoms with Crippen LogP contribution in [0.3, 0.4) is 0 Å². The summed E-state index contributed by atoms with van der Waals surface area (Å²) in [7, 11) is 0. The number of carboxylic acid groups (broad SMARTS) is 1. The summed E-state index contributed by atoms with van der Waals surface area (Å²) in [5.41, 5.74) is 0. The SMILES string of the molecule is CCC1CCC(C2CCC(CC(=O)O)CC2)CC1. The van der Waals surface area contributed by atoms with E-state index >= 15 is 0 Å². The Bertz CT molecular complexity index is 258. The van der Waals surface area contributed by atoms with Gasteiger partial charge < -0.3 is 5.11 Å². The third kappa shape index (κ3) is 3.73. The van der Waals surface area contributed by atoms with Gasteiger partial charge in [0.15, 0.2) is 0 Å². The average Bonchev–Trinajstić information content (AvgIpc) is 2.39. The Hall–Kier alpha value is -0.530. The van der Waals surface area contributed by atoms with Crippen LogP contribution in [-0.4, -0.2) is 11.1 Å². The van der Waals surface area contributed by atoms with Crippen LogP contribution >= 0.6 is 0 Å². The van der Waals surface area contributed by atoms with E-state index in [1.165, 1.54) is 44.9 Å². The Kier molecular flexibility index (Phi) is 5.08. The molecular formula is C16H28O2. The van der Waals surface area contributed by atoms with Gasteiger partial charge in [-0.25, -0.2) is 0 Å². The minimum atomic E-state index is -0.609. The van der Waals surface area contributed by atoms with Gasteiger partial charge in [-0.05, 0) is 62.2 Å². The van der Waals surface area contributed by atoms with Crippen molar-refractivity contribution in [1.29, 1.82) is 0 Å². The van der Waals surface area contributed by atoms with E-state index in [2.05, 4.69) is 6.92 Å². The van der Waals surface area contributed by atoms with Gasteiger partial charge in [0.05, 0.1) is 0 Å². The minimum Gasteiger partial charge on any atom is -0.481 e. The molecule has 104 valence electrons. The molecule has 18 heavy (non-hydrogen) atoms. The number of carboxylic acids is 1. The van der Waals surface area contributed by atoms with Crippen molar-refractivity contribution in [2.75, 3.05) is 0 Å². The minimum absolute atomic E-state index is 0.398. The van der Waals surface area contributed by atoms with Gasteiger partial charge in [-0.1, -0.05) is 26.2 Å². The van der Waals surface area contributed by atoms with Crippen molar-refractivity contribution in [3.63, 3.8) is 0 Å². The van der Waals surface area contributed by atoms with Gasteiger partial charge >= 0.3 is 5.97 Å². The van der Waals surface area contributed by atoms with Gasteiger partial charge in [-0.3, -0.25) is 4.79 Å². The van der Waals surface area contributed by atoms with Crippen LogP contribution in [0.4, 0.5) is 0 Å². The van der Waals surface area contributed by atoms with Crippen LogP contribution < -0.4 is 0 Å². The highest BCUT2D eigenvalue weighted by molar-refractivity contribution is 5.67. The summed E-state index contributed by atoms with van der Waals surface area (Å²) >= 11 is 0. The lowest BCUT2D eigenvalue weighted by Crippen LogP contribution is -2.26. The van der Waals surface area contributed by atoms with E-state index < -0.39 is 5.97 Å². The van der Waals surface area contributed by atoms with E-state index in [4.69, 9.17) is 5.11 Å². The molecule has 0 bridgehead atoms. The van der Waals surface area contributed by atoms with Crippen LogP contribution in [-0.2, 0) is 4.79 Å². The second-order valence-electron chi connectivity index (χ2n) is 6.57. The highest BCUT2D eigenvalue weighted by Gasteiger charge is 2.30. The van der Waals surface area contributed by atoms with Gasteiger partial charge in [-0.2, -0.15) is 0 Å². The molecule has 2 fully saturated rings. The van der Waals surface area contributed by atoms with E-state index in [9.17, 15) is 4.79 Å². The Morgan fingerprint density at radius 3 is 1.72 bits per heavy atom. The molecule has 0 amide bonds. The third-order valence-electron chi connectivity index (χ3n) is 5.49. The predicted octanol–water partition coefficient (Wildman–Crippen LogP) is 4.48. The fourth-order valence-electron chi connectivity index (χ4n) is 4.18. The first-order valence-corrected chi connectivity index (χ1v) is 7.90. The van der Waals surface area contributed by atoms with Gasteiger partial charge in [0.2, 0.25) is 0 Å². The molecule has 0 heterocycles. The second kappa shape index (κ2) is 6.58. The zero-order chi connectivity index (χ0) is 13.0. The molecule has 2 aliphatic carbocycles. The number of hydrogen-bond acceptors (Lipinski definition) is 1. The molecule has 0 spiro atoms. The first-order chi connectivity index (χ1) is 8.69. The van der Waals surface area contributed by atoms with Gasteiger partial charge in [0.1, 0.15) is 0 Å². The van der Waals surface area contributed by atoms with Crippen molar-refractivity contribution in [2.24, 2.45) is 23.7 Å². The molecule has 0 aromatic heterocycles. The summed E-state index contributed by atoms with van der Waals surface area (Å²) in [4.78, 5) is 10.7. The van der Waals surface area contributed by atoms with Crippen molar-refractivity contribution in [2.45, 2.75) is 71.1 Å². The average molecular weight is 252 g/mol. The topological polar surface area (TPSA) is 37.3 Å². The van der Waals surface area contributed by atoms with E-state index in [0.29, 0.717) is 12.3 Å². The summed E-state index contributed by atoms with van der Waals surface area (Å²) in [6.45, 7) is 2.32. The summed E-state index contributed by atoms with van der Waals surface area (Å²) in [5, 5.41) is 8.84. The monoisotopic (exact) mass is 252 g/mol. The molecule has 0 unspecified atom stereocenters. The van der Waals surface area contributed by atoms with Gasteiger partial charge in [0.25, 0.3) is 0 Å². The molecule has 2 aliphatic rings. The van der Waals surface area contributed by atoms with Gasteiger partial charge in [-0.15, -0.1) is 0 Å². The molecule has 0 aliphatic heterocycles. The maximum absolute atomic E-state index is 10.7. The molecule has 0 saturated heterocycles. The number of rotatable bonds is 4. The summed E-state index contributed by atoms with van der Waals surface area (Å²) in [6.07, 6.45) is 12.4. The van der Waals surface area contributed by atoms with Gasteiger partial charge in [0, 0.05) is 6.42 Å². The van der Waals surface area contributed by atoms with Crippen molar-refractivity contribution in [3.05, 3.63) is 0 Å². The number of hydrogen-bond donors (Lipinski definition) is 1. The largest absolute Gasteiger partial charge is 0.481 e. The third-order valence-corrected chi connectivity index (χ3v) is 5.49. The summed E-state index contributed by atoms with van der Waals surface area (Å²) in [6, 6.07) is 0. The number of carbonyl (C=O) groups is 1. The molecule has 2 nitrogen and oxygen atoms in total. The summed E-state index contributed by atoms with van der Waals surface area (Å²) < 4.78 is 0. The van der Waals surface area contributed by atoms with E-state index in [1.54, 1.807) is 0 Å². The zero-order valence-corrected chi connectivity index (χ0v) is 11.7. The lowest BCUT2D eigenvalue weighted by atomic mass is 9.68. The van der Waals surface area contributed by atoms with Crippen LogP contribution in [0.25, 0.3) is 0 Å². The van der Waals surface area contributed by atoms with E-state index in [1.807, 2.05) is 0 Å². The quantitative estimate of drug-likeness (QED) is 0.800. The molecule has 0 radical (unpaired) electrons. The van der Waals surface area contributed by atoms with Crippen molar-refractivity contribution < 1.29 is 9.90 Å². The van der Waals surface area contributed by atoms with Crippen LogP contribution in [0.15, 0.2) is 0 Å². The number of aliphatic carboxylic acids is 1. The Morgan fingerprint density at radius 2 is 1.33 bits per heavy atom. The van der Waals surface area contributed by atoms with Crippen molar-refractivity contribution in [3.8, 4) is 0 Å². The lowest BCUT2D eigenvalue weighted by molar-refractivity contribution is -0.138. The van der Waals surface area contributed by atoms with Crippen LogP contribution in [0, 0.1) is 23.7 Å². The Labute approximate surface area is 111 Å². The van der Waals surface area contributed by atoms with Crippen LogP contribution in [0.2, 0.25) is 0 Å². The van der Waals surface area contributed by atoms with Crippen LogP contribution in [0.1, 0.15) is 71.1 Å². The first kappa shape index (κ1) is 13.9. The predicted molar refractivity (Wildman–Crippen MR) is 73.4 cm³/mol. The van der Waals surface area contributed by atoms with Crippen molar-refractivity contribution >= 4 is 5.97 Å². The molecule has 2 saturated carbocycles. The zero-order valence-electron chi connectivity index (χ0n) is 11.7. The summed E-state index contributed by atoms with van der Waals surface area (Å²) in [5.74, 6) is 2.71. The highest BCUT2D eigenvalue weighted by Crippen LogP contribution is 2.42. The molecule has 2 heteroatoms. The molecule has 0 atom stereocenters.